The van der Waals surface area contributed by atoms with Gasteiger partial charge >= 0.3 is 5.97 Å². The van der Waals surface area contributed by atoms with Crippen molar-refractivity contribution < 1.29 is 9.53 Å². The molecule has 1 aliphatic rings. The fourth-order valence-corrected chi connectivity index (χ4v) is 1.18. The molecule has 2 nitrogen and oxygen atoms in total. The van der Waals surface area contributed by atoms with Gasteiger partial charge in [0.05, 0.1) is 12.5 Å². The number of hydrogen-bond acceptors (Lipinski definition) is 2. The van der Waals surface area contributed by atoms with Gasteiger partial charge in [0, 0.05) is 5.92 Å². The normalized spacial score (nSPS) is 32.0. The standard InChI is InChI=1S/C8H12O2/c1-5(2)7-4-10-8(9)6(7)3/h6-7H,1,4H2,2-3H3/t6-,7-/m0/s1. The van der Waals surface area contributed by atoms with E-state index in [-0.39, 0.29) is 17.8 Å². The Morgan fingerprint density at radius 2 is 2.40 bits per heavy atom. The first-order valence-electron chi connectivity index (χ1n) is 3.45. The monoisotopic (exact) mass is 140 g/mol. The average Bonchev–Trinajstić information content (AvgIpc) is 2.14. The largest absolute Gasteiger partial charge is 0.465 e. The van der Waals surface area contributed by atoms with Gasteiger partial charge in [-0.3, -0.25) is 4.79 Å². The van der Waals surface area contributed by atoms with Gasteiger partial charge in [-0.1, -0.05) is 19.1 Å². The van der Waals surface area contributed by atoms with Crippen molar-refractivity contribution in [1.82, 2.24) is 0 Å². The zero-order valence-corrected chi connectivity index (χ0v) is 6.39. The van der Waals surface area contributed by atoms with Crippen LogP contribution in [-0.4, -0.2) is 12.6 Å². The van der Waals surface area contributed by atoms with Gasteiger partial charge < -0.3 is 4.74 Å². The molecule has 0 aromatic carbocycles. The fourth-order valence-electron chi connectivity index (χ4n) is 1.18. The third kappa shape index (κ3) is 1.06. The number of esters is 1. The van der Waals surface area contributed by atoms with Crippen LogP contribution in [0.1, 0.15) is 13.8 Å². The van der Waals surface area contributed by atoms with E-state index in [9.17, 15) is 4.79 Å². The number of rotatable bonds is 1. The SMILES string of the molecule is C=C(C)[C@@H]1COC(=O)[C@H]1C. The highest BCUT2D eigenvalue weighted by Crippen LogP contribution is 2.26. The molecule has 0 radical (unpaired) electrons. The summed E-state index contributed by atoms with van der Waals surface area (Å²) < 4.78 is 4.84. The first kappa shape index (κ1) is 7.32. The van der Waals surface area contributed by atoms with E-state index in [2.05, 4.69) is 6.58 Å². The molecule has 0 bridgehead atoms. The van der Waals surface area contributed by atoms with Crippen molar-refractivity contribution in [2.24, 2.45) is 11.8 Å². The lowest BCUT2D eigenvalue weighted by Crippen LogP contribution is -2.12. The molecular weight excluding hydrogens is 128 g/mol. The van der Waals surface area contributed by atoms with Crippen LogP contribution in [0, 0.1) is 11.8 Å². The fraction of sp³-hybridized carbons (Fsp3) is 0.625. The second kappa shape index (κ2) is 2.45. The lowest BCUT2D eigenvalue weighted by Gasteiger charge is -2.08. The Labute approximate surface area is 60.9 Å². The van der Waals surface area contributed by atoms with Crippen molar-refractivity contribution in [1.29, 1.82) is 0 Å². The summed E-state index contributed by atoms with van der Waals surface area (Å²) in [5.74, 6) is 0.165. The Morgan fingerprint density at radius 1 is 1.80 bits per heavy atom. The molecule has 1 rings (SSSR count). The van der Waals surface area contributed by atoms with E-state index in [0.717, 1.165) is 5.57 Å². The third-order valence-corrected chi connectivity index (χ3v) is 2.01. The maximum Gasteiger partial charge on any atom is 0.309 e. The summed E-state index contributed by atoms with van der Waals surface area (Å²) in [6, 6.07) is 0. The van der Waals surface area contributed by atoms with E-state index in [4.69, 9.17) is 4.74 Å². The summed E-state index contributed by atoms with van der Waals surface area (Å²) in [6.07, 6.45) is 0. The van der Waals surface area contributed by atoms with Gasteiger partial charge in [-0.05, 0) is 6.92 Å². The summed E-state index contributed by atoms with van der Waals surface area (Å²) in [7, 11) is 0. The second-order valence-corrected chi connectivity index (χ2v) is 2.87. The lowest BCUT2D eigenvalue weighted by molar-refractivity contribution is -0.140. The van der Waals surface area contributed by atoms with Crippen molar-refractivity contribution in [3.05, 3.63) is 12.2 Å². The number of carbonyl (C=O) groups is 1. The minimum Gasteiger partial charge on any atom is -0.465 e. The molecule has 2 atom stereocenters. The van der Waals surface area contributed by atoms with E-state index in [0.29, 0.717) is 6.61 Å². The van der Waals surface area contributed by atoms with Crippen LogP contribution in [0.5, 0.6) is 0 Å². The molecule has 1 fully saturated rings. The average molecular weight is 140 g/mol. The summed E-state index contributed by atoms with van der Waals surface area (Å²) in [4.78, 5) is 10.8. The predicted molar refractivity (Wildman–Crippen MR) is 38.4 cm³/mol. The highest BCUT2D eigenvalue weighted by molar-refractivity contribution is 5.74. The molecule has 1 heterocycles. The van der Waals surface area contributed by atoms with E-state index in [1.54, 1.807) is 0 Å². The molecule has 56 valence electrons. The zero-order chi connectivity index (χ0) is 7.72. The molecular formula is C8H12O2. The van der Waals surface area contributed by atoms with E-state index in [1.807, 2.05) is 13.8 Å². The van der Waals surface area contributed by atoms with Crippen LogP contribution in [0.25, 0.3) is 0 Å². The Kier molecular flexibility index (Phi) is 1.79. The maximum absolute atomic E-state index is 10.8. The summed E-state index contributed by atoms with van der Waals surface area (Å²) in [5.41, 5.74) is 1.04. The highest BCUT2D eigenvalue weighted by atomic mass is 16.5. The molecule has 2 heteroatoms. The molecule has 0 aromatic rings. The molecule has 10 heavy (non-hydrogen) atoms. The zero-order valence-electron chi connectivity index (χ0n) is 6.39. The van der Waals surface area contributed by atoms with Crippen molar-refractivity contribution >= 4 is 5.97 Å². The Bertz CT molecular complexity index is 172. The van der Waals surface area contributed by atoms with Crippen molar-refractivity contribution in [3.8, 4) is 0 Å². The van der Waals surface area contributed by atoms with Gasteiger partial charge in [-0.25, -0.2) is 0 Å². The number of carbonyl (C=O) groups excluding carboxylic acids is 1. The van der Waals surface area contributed by atoms with Gasteiger partial charge in [-0.2, -0.15) is 0 Å². The van der Waals surface area contributed by atoms with Crippen LogP contribution >= 0.6 is 0 Å². The van der Waals surface area contributed by atoms with Crippen LogP contribution in [0.3, 0.4) is 0 Å². The lowest BCUT2D eigenvalue weighted by atomic mass is 9.92. The molecule has 0 amide bonds. The second-order valence-electron chi connectivity index (χ2n) is 2.87. The number of ether oxygens (including phenoxy) is 1. The summed E-state index contributed by atoms with van der Waals surface area (Å²) in [5, 5.41) is 0. The van der Waals surface area contributed by atoms with Crippen molar-refractivity contribution in [3.63, 3.8) is 0 Å². The van der Waals surface area contributed by atoms with Crippen molar-refractivity contribution in [2.45, 2.75) is 13.8 Å². The van der Waals surface area contributed by atoms with E-state index >= 15 is 0 Å². The van der Waals surface area contributed by atoms with Crippen LogP contribution < -0.4 is 0 Å². The Hall–Kier alpha value is -0.790. The summed E-state index contributed by atoms with van der Waals surface area (Å²) in [6.45, 7) is 8.13. The molecule has 0 aliphatic carbocycles. The Morgan fingerprint density at radius 3 is 2.60 bits per heavy atom. The number of hydrogen-bond donors (Lipinski definition) is 0. The van der Waals surface area contributed by atoms with Gasteiger partial charge in [0.15, 0.2) is 0 Å². The van der Waals surface area contributed by atoms with Crippen LogP contribution in [0.2, 0.25) is 0 Å². The smallest absolute Gasteiger partial charge is 0.309 e. The quantitative estimate of drug-likeness (QED) is 0.406. The van der Waals surface area contributed by atoms with Gasteiger partial charge in [0.2, 0.25) is 0 Å². The molecule has 0 aromatic heterocycles. The van der Waals surface area contributed by atoms with E-state index < -0.39 is 0 Å². The minimum atomic E-state index is -0.0898. The molecule has 1 saturated heterocycles. The first-order chi connectivity index (χ1) is 4.63. The van der Waals surface area contributed by atoms with Crippen molar-refractivity contribution in [2.75, 3.05) is 6.61 Å². The molecule has 0 saturated carbocycles. The van der Waals surface area contributed by atoms with Gasteiger partial charge in [0.1, 0.15) is 0 Å². The first-order valence-corrected chi connectivity index (χ1v) is 3.45. The highest BCUT2D eigenvalue weighted by Gasteiger charge is 2.32. The molecule has 0 N–H and O–H groups in total. The summed E-state index contributed by atoms with van der Waals surface area (Å²) >= 11 is 0. The molecule has 1 aliphatic heterocycles. The molecule has 0 unspecified atom stereocenters. The van der Waals surface area contributed by atoms with Gasteiger partial charge in [-0.15, -0.1) is 0 Å². The third-order valence-electron chi connectivity index (χ3n) is 2.01. The van der Waals surface area contributed by atoms with E-state index in [1.165, 1.54) is 0 Å². The van der Waals surface area contributed by atoms with Crippen LogP contribution in [0.15, 0.2) is 12.2 Å². The minimum absolute atomic E-state index is 0.0116. The van der Waals surface area contributed by atoms with Crippen LogP contribution in [0.4, 0.5) is 0 Å². The maximum atomic E-state index is 10.8. The predicted octanol–water partition coefficient (Wildman–Crippen LogP) is 1.37. The van der Waals surface area contributed by atoms with Crippen LogP contribution in [-0.2, 0) is 9.53 Å². The Balaban J connectivity index is 2.66. The topological polar surface area (TPSA) is 26.3 Å². The van der Waals surface area contributed by atoms with Gasteiger partial charge in [0.25, 0.3) is 0 Å². The number of cyclic esters (lactones) is 1. The molecule has 0 spiro atoms.